The second-order valence-corrected chi connectivity index (χ2v) is 0.803. The van der Waals surface area contributed by atoms with E-state index in [1.54, 1.807) is 0 Å². The molecule has 0 aliphatic rings. The Hall–Kier alpha value is -0.780. The van der Waals surface area contributed by atoms with Gasteiger partial charge in [0.1, 0.15) is 0 Å². The Kier molecular flexibility index (Phi) is 1.88. The minimum absolute atomic E-state index is 2.54. The predicted octanol–water partition coefficient (Wildman–Crippen LogP) is 0.242. The summed E-state index contributed by atoms with van der Waals surface area (Å²) in [7, 11) is -2.54. The van der Waals surface area contributed by atoms with Crippen molar-refractivity contribution < 1.29 is 32.3 Å². The smallest absolute Gasteiger partial charge is 0.475 e. The fourth-order valence-electron chi connectivity index (χ4n) is 0. The molecule has 0 radical (unpaired) electrons. The summed E-state index contributed by atoms with van der Waals surface area (Å²) >= 11 is 0. The molecule has 0 saturated heterocycles. The molecule has 0 fully saturated rings. The van der Waals surface area contributed by atoms with E-state index in [4.69, 9.17) is 15.4 Å². The number of carboxylic acid groups (broad SMARTS) is 1. The van der Waals surface area contributed by atoms with E-state index >= 15 is 0 Å². The van der Waals surface area contributed by atoms with Crippen molar-refractivity contribution in [3.63, 3.8) is 0 Å². The van der Waals surface area contributed by atoms with E-state index in [1.807, 2.05) is 0 Å². The second kappa shape index (κ2) is 4.13. The van der Waals surface area contributed by atoms with Crippen molar-refractivity contribution in [2.45, 2.75) is 6.18 Å². The highest BCUT2D eigenvalue weighted by atomic mass is 19.4. The Morgan fingerprint density at radius 1 is 1.78 bits per heavy atom. The molecule has 0 amide bonds. The number of carbonyl (C=O) groups is 1. The lowest BCUT2D eigenvalue weighted by Crippen LogP contribution is -2.21. The van der Waals surface area contributed by atoms with Crippen LogP contribution in [0.15, 0.2) is 0 Å². The number of rotatable bonds is 0. The third-order valence-electron chi connectivity index (χ3n) is 0.243. The molecule has 9 heavy (non-hydrogen) atoms. The number of aliphatic hydroxyl groups is 1. The molecule has 0 unspecified atom stereocenters. The molecular weight excluding hydrogens is 141 g/mol. The van der Waals surface area contributed by atoms with Gasteiger partial charge in [-0.05, 0) is 0 Å². The molecule has 56 valence electrons. The summed E-state index contributed by atoms with van der Waals surface area (Å²) in [5.41, 5.74) is 0. The van der Waals surface area contributed by atoms with Crippen molar-refractivity contribution in [1.82, 2.24) is 0 Å². The number of hydrogen-bond donors (Lipinski definition) is 2. The molecular formula is C3H5F3O3. The van der Waals surface area contributed by atoms with Gasteiger partial charge in [0.05, 0.1) is 4.11 Å². The normalized spacial score (nSPS) is 17.2. The van der Waals surface area contributed by atoms with E-state index in [1.165, 1.54) is 0 Å². The van der Waals surface area contributed by atoms with Crippen LogP contribution >= 0.6 is 0 Å². The van der Waals surface area contributed by atoms with Crippen LogP contribution in [0.2, 0.25) is 0 Å². The highest BCUT2D eigenvalue weighted by molar-refractivity contribution is 5.73. The van der Waals surface area contributed by atoms with E-state index in [2.05, 4.69) is 5.11 Å². The Balaban J connectivity index is 0. The molecule has 0 rings (SSSR count). The average Bonchev–Trinajstić information content (AvgIpc) is 1.85. The largest absolute Gasteiger partial charge is 0.490 e. The van der Waals surface area contributed by atoms with Crippen molar-refractivity contribution in [1.29, 1.82) is 1.43 Å². The minimum atomic E-state index is -5.08. The van der Waals surface area contributed by atoms with Crippen molar-refractivity contribution in [3.05, 3.63) is 0 Å². The zero-order valence-corrected chi connectivity index (χ0v) is 3.90. The Morgan fingerprint density at radius 3 is 2.00 bits per heavy atom. The zero-order valence-electron chi connectivity index (χ0n) is 7.90. The monoisotopic (exact) mass is 150 g/mol. The maximum atomic E-state index is 10.6. The average molecular weight is 150 g/mol. The van der Waals surface area contributed by atoms with Crippen molar-refractivity contribution in [3.8, 4) is 0 Å². The molecule has 0 heterocycles. The van der Waals surface area contributed by atoms with E-state index in [9.17, 15) is 13.2 Å². The topological polar surface area (TPSA) is 57.5 Å². The molecule has 3 nitrogen and oxygen atoms in total. The van der Waals surface area contributed by atoms with E-state index in [-0.39, 0.29) is 0 Å². The molecule has 0 aromatic rings. The summed E-state index contributed by atoms with van der Waals surface area (Å²) < 4.78 is 55.8. The number of alkyl halides is 3. The van der Waals surface area contributed by atoms with Crippen LogP contribution in [0.4, 0.5) is 13.2 Å². The van der Waals surface area contributed by atoms with Gasteiger partial charge in [-0.2, -0.15) is 13.2 Å². The van der Waals surface area contributed by atoms with Crippen LogP contribution in [0.25, 0.3) is 0 Å². The number of aliphatic carboxylic acids is 1. The lowest BCUT2D eigenvalue weighted by atomic mass is 10.7. The van der Waals surface area contributed by atoms with Gasteiger partial charge < -0.3 is 10.2 Å². The standard InChI is InChI=1S/C2HF3O2.CH4O/c3-2(4,5)1(6)7;1-2/h(H,6,7);2H,1H3/i;1D3,2D. The van der Waals surface area contributed by atoms with Gasteiger partial charge in [-0.1, -0.05) is 0 Å². The fraction of sp³-hybridized carbons (Fsp3) is 0.667. The van der Waals surface area contributed by atoms with Crippen molar-refractivity contribution in [2.24, 2.45) is 0 Å². The Bertz CT molecular complexity index is 164. The van der Waals surface area contributed by atoms with Gasteiger partial charge >= 0.3 is 12.1 Å². The molecule has 0 atom stereocenters. The van der Waals surface area contributed by atoms with E-state index < -0.39 is 19.2 Å². The van der Waals surface area contributed by atoms with Crippen LogP contribution < -0.4 is 0 Å². The highest BCUT2D eigenvalue weighted by Gasteiger charge is 2.38. The van der Waals surface area contributed by atoms with Gasteiger partial charge in [-0.15, -0.1) is 0 Å². The quantitative estimate of drug-likeness (QED) is 0.520. The zero-order chi connectivity index (χ0) is 11.3. The maximum absolute atomic E-state index is 10.6. The first-order valence-electron chi connectivity index (χ1n) is 3.36. The lowest BCUT2D eigenvalue weighted by molar-refractivity contribution is -0.192. The number of hydrogen-bond acceptors (Lipinski definition) is 2. The molecule has 6 heteroatoms. The van der Waals surface area contributed by atoms with Gasteiger partial charge in [-0.3, -0.25) is 0 Å². The predicted molar refractivity (Wildman–Crippen MR) is 21.8 cm³/mol. The first-order valence-corrected chi connectivity index (χ1v) is 1.45. The molecule has 0 spiro atoms. The van der Waals surface area contributed by atoms with Crippen LogP contribution in [-0.4, -0.2) is 30.8 Å². The van der Waals surface area contributed by atoms with Crippen LogP contribution in [0.3, 0.4) is 0 Å². The van der Waals surface area contributed by atoms with Gasteiger partial charge in [0, 0.05) is 7.04 Å². The van der Waals surface area contributed by atoms with Gasteiger partial charge in [0.25, 0.3) is 0 Å². The van der Waals surface area contributed by atoms with Crippen LogP contribution in [0.1, 0.15) is 4.11 Å². The minimum Gasteiger partial charge on any atom is -0.475 e. The summed E-state index contributed by atoms with van der Waals surface area (Å²) in [4.78, 5) is 8.90. The maximum Gasteiger partial charge on any atom is 0.490 e. The molecule has 2 N–H and O–H groups in total. The highest BCUT2D eigenvalue weighted by Crippen LogP contribution is 2.13. The molecule has 0 bridgehead atoms. The Morgan fingerprint density at radius 2 is 2.00 bits per heavy atom. The summed E-state index contributed by atoms with van der Waals surface area (Å²) in [6, 6.07) is 0. The molecule has 0 saturated carbocycles. The molecule has 0 aromatic heterocycles. The Labute approximate surface area is 54.4 Å². The SMILES string of the molecule is O=C(O)C(F)(F)F.[2H]OC([2H])([2H])[2H]. The molecule has 0 aliphatic heterocycles. The van der Waals surface area contributed by atoms with E-state index in [0.29, 0.717) is 0 Å². The first kappa shape index (κ1) is 4.10. The summed E-state index contributed by atoms with van der Waals surface area (Å²) in [5, 5.41) is 10.3. The van der Waals surface area contributed by atoms with E-state index in [0.717, 1.165) is 0 Å². The summed E-state index contributed by atoms with van der Waals surface area (Å²) in [5.74, 6) is -2.76. The third-order valence-corrected chi connectivity index (χ3v) is 0.243. The third kappa shape index (κ3) is 7.22. The van der Waals surface area contributed by atoms with Crippen LogP contribution in [0.5, 0.6) is 0 Å². The first-order chi connectivity index (χ1) is 5.50. The second-order valence-electron chi connectivity index (χ2n) is 0.803. The van der Waals surface area contributed by atoms with Crippen LogP contribution in [-0.2, 0) is 4.79 Å². The summed E-state index contributed by atoms with van der Waals surface area (Å²) in [6.07, 6.45) is -5.08. The fourth-order valence-corrected chi connectivity index (χ4v) is 0. The van der Waals surface area contributed by atoms with Crippen LogP contribution in [0, 0.1) is 0 Å². The number of halogens is 3. The van der Waals surface area contributed by atoms with Gasteiger partial charge in [0.2, 0.25) is 1.43 Å². The van der Waals surface area contributed by atoms with Crippen molar-refractivity contribution >= 4 is 5.97 Å². The van der Waals surface area contributed by atoms with Crippen molar-refractivity contribution in [2.75, 3.05) is 7.04 Å². The molecule has 0 aromatic carbocycles. The lowest BCUT2D eigenvalue weighted by Gasteiger charge is -1.93. The molecule has 0 aliphatic carbocycles. The van der Waals surface area contributed by atoms with Gasteiger partial charge in [0.15, 0.2) is 0 Å². The summed E-state index contributed by atoms with van der Waals surface area (Å²) in [6.45, 7) is 0. The van der Waals surface area contributed by atoms with Gasteiger partial charge in [-0.25, -0.2) is 4.79 Å². The number of carboxylic acids is 1.